The van der Waals surface area contributed by atoms with Crippen molar-refractivity contribution in [2.75, 3.05) is 12.8 Å². The minimum absolute atomic E-state index is 0.0394. The summed E-state index contributed by atoms with van der Waals surface area (Å²) in [6.07, 6.45) is 3.57. The van der Waals surface area contributed by atoms with Crippen LogP contribution in [0.1, 0.15) is 44.4 Å². The average Bonchev–Trinajstić information content (AvgIpc) is 3.11. The van der Waals surface area contributed by atoms with Gasteiger partial charge in [0.15, 0.2) is 10.7 Å². The van der Waals surface area contributed by atoms with Gasteiger partial charge in [-0.1, -0.05) is 55.4 Å². The fourth-order valence-electron chi connectivity index (χ4n) is 3.10. The lowest BCUT2D eigenvalue weighted by Crippen LogP contribution is -2.54. The lowest BCUT2D eigenvalue weighted by atomic mass is 9.83. The molecule has 2 rings (SSSR count). The molecule has 0 aliphatic heterocycles. The summed E-state index contributed by atoms with van der Waals surface area (Å²) in [4.78, 5) is 34.1. The summed E-state index contributed by atoms with van der Waals surface area (Å²) in [7, 11) is 1.53. The molecule has 0 saturated carbocycles. The molecule has 6 nitrogen and oxygen atoms in total. The third kappa shape index (κ3) is 4.70. The molecule has 0 fully saturated rings. The fraction of sp³-hybridized carbons (Fsp3) is 0.450. The van der Waals surface area contributed by atoms with E-state index in [1.54, 1.807) is 42.2 Å². The van der Waals surface area contributed by atoms with Crippen LogP contribution in [0.5, 0.6) is 0 Å². The topological polar surface area (TPSA) is 86.3 Å². The smallest absolute Gasteiger partial charge is 0.334 e. The van der Waals surface area contributed by atoms with E-state index in [1.807, 2.05) is 6.92 Å². The molecular formula is C20H26ClN3O3S. The van der Waals surface area contributed by atoms with E-state index in [1.165, 1.54) is 11.9 Å². The van der Waals surface area contributed by atoms with Crippen molar-refractivity contribution in [3.05, 3.63) is 46.7 Å². The van der Waals surface area contributed by atoms with Gasteiger partial charge in [-0.3, -0.25) is 4.79 Å². The Balaban J connectivity index is 2.54. The molecule has 0 aliphatic carbocycles. The molecule has 0 radical (unpaired) electrons. The largest absolute Gasteiger partial charge is 0.479 e. The number of thioether (sulfide) groups is 1. The van der Waals surface area contributed by atoms with Gasteiger partial charge in [0, 0.05) is 48.1 Å². The number of likely N-dealkylation sites (N-methyl/N-ethyl adjacent to an activating group) is 1. The van der Waals surface area contributed by atoms with Gasteiger partial charge in [-0.15, -0.1) is 0 Å². The maximum atomic E-state index is 12.7. The lowest BCUT2D eigenvalue weighted by molar-refractivity contribution is -0.159. The fourth-order valence-corrected chi connectivity index (χ4v) is 4.12. The van der Waals surface area contributed by atoms with E-state index in [4.69, 9.17) is 11.6 Å². The van der Waals surface area contributed by atoms with Crippen LogP contribution >= 0.6 is 23.4 Å². The number of rotatable bonds is 10. The van der Waals surface area contributed by atoms with Crippen molar-refractivity contribution < 1.29 is 14.7 Å². The maximum Gasteiger partial charge on any atom is 0.334 e. The van der Waals surface area contributed by atoms with Gasteiger partial charge in [0.2, 0.25) is 5.91 Å². The molecule has 1 aromatic heterocycles. The first-order valence-electron chi connectivity index (χ1n) is 9.28. The highest BCUT2D eigenvalue weighted by Crippen LogP contribution is 2.37. The number of aliphatic carboxylic acids is 1. The Morgan fingerprint density at radius 2 is 2.00 bits per heavy atom. The molecule has 1 atom stereocenters. The number of nitrogens with zero attached hydrogens (tertiary/aromatic N) is 2. The Labute approximate surface area is 174 Å². The summed E-state index contributed by atoms with van der Waals surface area (Å²) in [6, 6.07) is 6.77. The van der Waals surface area contributed by atoms with Gasteiger partial charge in [-0.2, -0.15) is 0 Å². The molecule has 1 amide bonds. The number of aromatic nitrogens is 2. The molecule has 0 unspecified atom stereocenters. The Bertz CT molecular complexity index is 827. The van der Waals surface area contributed by atoms with Crippen LogP contribution in [0, 0.1) is 0 Å². The van der Waals surface area contributed by atoms with Crippen molar-refractivity contribution in [2.45, 2.75) is 50.2 Å². The molecule has 0 saturated heterocycles. The molecule has 152 valence electrons. The molecule has 1 aromatic carbocycles. The van der Waals surface area contributed by atoms with E-state index in [0.29, 0.717) is 22.7 Å². The number of hydrogen-bond acceptors (Lipinski definition) is 4. The summed E-state index contributed by atoms with van der Waals surface area (Å²) >= 11 is 7.96. The number of benzene rings is 1. The number of imidazole rings is 1. The number of carboxylic acid groups (broad SMARTS) is 1. The van der Waals surface area contributed by atoms with Crippen LogP contribution < -0.4 is 0 Å². The van der Waals surface area contributed by atoms with Crippen LogP contribution in [-0.2, 0) is 21.5 Å². The van der Waals surface area contributed by atoms with Crippen LogP contribution in [0.3, 0.4) is 0 Å². The molecular weight excluding hydrogens is 398 g/mol. The number of aromatic amines is 1. The number of carbonyl (C=O) groups excluding carboxylic acids is 1. The average molecular weight is 424 g/mol. The van der Waals surface area contributed by atoms with E-state index in [2.05, 4.69) is 16.9 Å². The number of H-pyrrole nitrogens is 1. The minimum atomic E-state index is -1.64. The third-order valence-electron chi connectivity index (χ3n) is 4.58. The Kier molecular flexibility index (Phi) is 7.95. The molecule has 0 bridgehead atoms. The first-order chi connectivity index (χ1) is 13.4. The highest BCUT2D eigenvalue weighted by molar-refractivity contribution is 7.99. The van der Waals surface area contributed by atoms with Crippen LogP contribution in [0.2, 0.25) is 5.02 Å². The quantitative estimate of drug-likeness (QED) is 0.555. The van der Waals surface area contributed by atoms with Crippen molar-refractivity contribution in [3.63, 3.8) is 0 Å². The van der Waals surface area contributed by atoms with E-state index < -0.39 is 11.5 Å². The highest BCUT2D eigenvalue weighted by Gasteiger charge is 2.48. The lowest BCUT2D eigenvalue weighted by Gasteiger charge is -2.39. The van der Waals surface area contributed by atoms with Gasteiger partial charge in [0.25, 0.3) is 0 Å². The Morgan fingerprint density at radius 1 is 1.29 bits per heavy atom. The number of nitrogens with one attached hydrogen (secondary N) is 1. The van der Waals surface area contributed by atoms with Gasteiger partial charge < -0.3 is 15.0 Å². The normalized spacial score (nSPS) is 13.1. The second-order valence-corrected chi connectivity index (χ2v) is 8.08. The molecule has 28 heavy (non-hydrogen) atoms. The minimum Gasteiger partial charge on any atom is -0.479 e. The summed E-state index contributed by atoms with van der Waals surface area (Å²) in [5.74, 6) is -0.467. The van der Waals surface area contributed by atoms with Gasteiger partial charge in [0.1, 0.15) is 0 Å². The zero-order valence-electron chi connectivity index (χ0n) is 16.4. The second kappa shape index (κ2) is 9.98. The Morgan fingerprint density at radius 3 is 2.61 bits per heavy atom. The summed E-state index contributed by atoms with van der Waals surface area (Å²) in [5, 5.41) is 11.3. The molecule has 0 aliphatic rings. The van der Waals surface area contributed by atoms with Crippen molar-refractivity contribution in [3.8, 4) is 0 Å². The van der Waals surface area contributed by atoms with Crippen LogP contribution in [0.25, 0.3) is 0 Å². The van der Waals surface area contributed by atoms with E-state index in [-0.39, 0.29) is 18.7 Å². The monoisotopic (exact) mass is 423 g/mol. The first kappa shape index (κ1) is 22.3. The predicted molar refractivity (Wildman–Crippen MR) is 112 cm³/mol. The van der Waals surface area contributed by atoms with Crippen molar-refractivity contribution in [2.24, 2.45) is 0 Å². The summed E-state index contributed by atoms with van der Waals surface area (Å²) in [5.41, 5.74) is -0.616. The molecule has 8 heteroatoms. The van der Waals surface area contributed by atoms with Crippen LogP contribution in [0.4, 0.5) is 0 Å². The van der Waals surface area contributed by atoms with E-state index in [9.17, 15) is 14.7 Å². The van der Waals surface area contributed by atoms with Crippen molar-refractivity contribution >= 4 is 35.2 Å². The summed E-state index contributed by atoms with van der Waals surface area (Å²) in [6.45, 7) is 3.97. The van der Waals surface area contributed by atoms with Crippen LogP contribution in [-0.4, -0.2) is 44.7 Å². The zero-order valence-corrected chi connectivity index (χ0v) is 17.9. The number of amides is 1. The standard InChI is InChI=1S/C20H26ClN3O3S/c1-4-8-17(25)24(3)20(18(26)27,15-9-6-7-10-16(15)21)12-14-13-22-19(23-14)28-11-5-2/h6-7,9-10,13H,4-5,8,11-12H2,1-3H3,(H,22,23)(H,26,27)/t20-/m0/s1. The van der Waals surface area contributed by atoms with Gasteiger partial charge in [-0.25, -0.2) is 9.78 Å². The van der Waals surface area contributed by atoms with Gasteiger partial charge in [0.05, 0.1) is 0 Å². The number of halogens is 1. The van der Waals surface area contributed by atoms with E-state index >= 15 is 0 Å². The zero-order chi connectivity index (χ0) is 20.7. The molecule has 0 spiro atoms. The number of hydrogen-bond donors (Lipinski definition) is 2. The van der Waals surface area contributed by atoms with Gasteiger partial charge in [-0.05, 0) is 18.9 Å². The summed E-state index contributed by atoms with van der Waals surface area (Å²) < 4.78 is 0. The second-order valence-electron chi connectivity index (χ2n) is 6.59. The predicted octanol–water partition coefficient (Wildman–Crippen LogP) is 4.35. The maximum absolute atomic E-state index is 12.7. The van der Waals surface area contributed by atoms with E-state index in [0.717, 1.165) is 17.3 Å². The highest BCUT2D eigenvalue weighted by atomic mass is 35.5. The van der Waals surface area contributed by atoms with Gasteiger partial charge >= 0.3 is 5.97 Å². The van der Waals surface area contributed by atoms with Crippen LogP contribution in [0.15, 0.2) is 35.6 Å². The number of carboxylic acids is 1. The SMILES string of the molecule is CCCSc1ncc(C[C@@](C(=O)O)(c2ccccc2Cl)N(C)C(=O)CCC)[nH]1. The van der Waals surface area contributed by atoms with Crippen molar-refractivity contribution in [1.82, 2.24) is 14.9 Å². The third-order valence-corrected chi connectivity index (χ3v) is 6.00. The Hall–Kier alpha value is -1.99. The molecule has 2 N–H and O–H groups in total. The molecule has 1 heterocycles. The number of carbonyl (C=O) groups is 2. The first-order valence-corrected chi connectivity index (χ1v) is 10.6. The van der Waals surface area contributed by atoms with Crippen molar-refractivity contribution in [1.29, 1.82) is 0 Å². The molecule has 2 aromatic rings.